The number of aryl methyl sites for hydroxylation is 1. The number of rotatable bonds is 4. The van der Waals surface area contributed by atoms with Crippen molar-refractivity contribution >= 4 is 29.3 Å². The second-order valence-electron chi connectivity index (χ2n) is 6.62. The van der Waals surface area contributed by atoms with E-state index >= 15 is 0 Å². The fourth-order valence-corrected chi connectivity index (χ4v) is 4.24. The van der Waals surface area contributed by atoms with Gasteiger partial charge in [0.05, 0.1) is 11.3 Å². The molecule has 0 radical (unpaired) electrons. The number of anilines is 1. The highest BCUT2D eigenvalue weighted by Crippen LogP contribution is 2.41. The summed E-state index contributed by atoms with van der Waals surface area (Å²) in [4.78, 5) is 26.4. The molecule has 28 heavy (non-hydrogen) atoms. The molecule has 148 valence electrons. The SMILES string of the molecule is Cc1ccc(NC(=O)[C@H](C)N2C(=O)CS[C@@H]2c2cccc(C(F)(F)F)c2)cc1. The zero-order valence-corrected chi connectivity index (χ0v) is 16.1. The van der Waals surface area contributed by atoms with Gasteiger partial charge in [-0.15, -0.1) is 11.8 Å². The number of benzene rings is 2. The van der Waals surface area contributed by atoms with Crippen LogP contribution in [0.25, 0.3) is 0 Å². The predicted molar refractivity (Wildman–Crippen MR) is 103 cm³/mol. The number of alkyl halides is 3. The Morgan fingerprint density at radius 2 is 1.89 bits per heavy atom. The van der Waals surface area contributed by atoms with E-state index in [4.69, 9.17) is 0 Å². The van der Waals surface area contributed by atoms with Gasteiger partial charge in [0.2, 0.25) is 11.8 Å². The molecule has 0 unspecified atom stereocenters. The standard InChI is InChI=1S/C20H19F3N2O2S/c1-12-6-8-16(9-7-12)24-18(27)13(2)25-17(26)11-28-19(25)14-4-3-5-15(10-14)20(21,22)23/h3-10,13,19H,11H2,1-2H3,(H,24,27)/t13-,19+/m0/s1. The lowest BCUT2D eigenvalue weighted by Gasteiger charge is -2.30. The van der Waals surface area contributed by atoms with Crippen LogP contribution in [0.1, 0.15) is 29.0 Å². The van der Waals surface area contributed by atoms with E-state index in [1.54, 1.807) is 25.1 Å². The molecule has 2 aromatic rings. The van der Waals surface area contributed by atoms with Crippen LogP contribution in [0.5, 0.6) is 0 Å². The van der Waals surface area contributed by atoms with E-state index in [9.17, 15) is 22.8 Å². The minimum absolute atomic E-state index is 0.114. The molecule has 0 aliphatic carbocycles. The number of carbonyl (C=O) groups excluding carboxylic acids is 2. The lowest BCUT2D eigenvalue weighted by molar-refractivity contribution is -0.137. The summed E-state index contributed by atoms with van der Waals surface area (Å²) < 4.78 is 39.1. The molecule has 2 atom stereocenters. The average molecular weight is 408 g/mol. The van der Waals surface area contributed by atoms with E-state index in [2.05, 4.69) is 5.32 Å². The highest BCUT2D eigenvalue weighted by Gasteiger charge is 2.40. The van der Waals surface area contributed by atoms with Gasteiger partial charge in [-0.2, -0.15) is 13.2 Å². The molecule has 1 aliphatic heterocycles. The van der Waals surface area contributed by atoms with E-state index in [0.29, 0.717) is 11.3 Å². The van der Waals surface area contributed by atoms with Gasteiger partial charge in [-0.3, -0.25) is 9.59 Å². The van der Waals surface area contributed by atoms with Crippen LogP contribution in [0.3, 0.4) is 0 Å². The summed E-state index contributed by atoms with van der Waals surface area (Å²) >= 11 is 1.21. The largest absolute Gasteiger partial charge is 0.416 e. The van der Waals surface area contributed by atoms with Crippen molar-refractivity contribution in [3.63, 3.8) is 0 Å². The molecule has 1 fully saturated rings. The minimum atomic E-state index is -4.47. The summed E-state index contributed by atoms with van der Waals surface area (Å²) in [7, 11) is 0. The first-order valence-corrected chi connectivity index (χ1v) is 9.69. The number of carbonyl (C=O) groups is 2. The molecule has 0 aromatic heterocycles. The van der Waals surface area contributed by atoms with Gasteiger partial charge < -0.3 is 10.2 Å². The fraction of sp³-hybridized carbons (Fsp3) is 0.300. The number of amides is 2. The van der Waals surface area contributed by atoms with Crippen molar-refractivity contribution in [2.45, 2.75) is 31.4 Å². The lowest BCUT2D eigenvalue weighted by Crippen LogP contribution is -2.44. The highest BCUT2D eigenvalue weighted by atomic mass is 32.2. The molecule has 1 N–H and O–H groups in total. The molecule has 2 aromatic carbocycles. The van der Waals surface area contributed by atoms with E-state index in [1.807, 2.05) is 19.1 Å². The highest BCUT2D eigenvalue weighted by molar-refractivity contribution is 8.00. The number of hydrogen-bond acceptors (Lipinski definition) is 3. The second kappa shape index (κ2) is 7.87. The second-order valence-corrected chi connectivity index (χ2v) is 7.69. The topological polar surface area (TPSA) is 49.4 Å². The Balaban J connectivity index is 1.81. The summed E-state index contributed by atoms with van der Waals surface area (Å²) in [6.45, 7) is 3.50. The Morgan fingerprint density at radius 1 is 1.21 bits per heavy atom. The number of thioether (sulfide) groups is 1. The Morgan fingerprint density at radius 3 is 2.54 bits per heavy atom. The summed E-state index contributed by atoms with van der Waals surface area (Å²) in [5, 5.41) is 2.11. The zero-order valence-electron chi connectivity index (χ0n) is 15.3. The third-order valence-corrected chi connectivity index (χ3v) is 5.75. The fourth-order valence-electron chi connectivity index (χ4n) is 2.99. The van der Waals surface area contributed by atoms with Crippen molar-refractivity contribution in [1.82, 2.24) is 4.90 Å². The van der Waals surface area contributed by atoms with Gasteiger partial charge in [-0.05, 0) is 43.7 Å². The van der Waals surface area contributed by atoms with Crippen molar-refractivity contribution in [3.05, 3.63) is 65.2 Å². The van der Waals surface area contributed by atoms with Crippen LogP contribution >= 0.6 is 11.8 Å². The maximum Gasteiger partial charge on any atom is 0.416 e. The van der Waals surface area contributed by atoms with Crippen LogP contribution in [0.2, 0.25) is 0 Å². The van der Waals surface area contributed by atoms with Gasteiger partial charge in [0.25, 0.3) is 0 Å². The number of nitrogens with zero attached hydrogens (tertiary/aromatic N) is 1. The summed E-state index contributed by atoms with van der Waals surface area (Å²) in [5.74, 6) is -0.557. The Labute approximate surface area is 165 Å². The van der Waals surface area contributed by atoms with Crippen LogP contribution in [0.4, 0.5) is 18.9 Å². The molecule has 0 saturated carbocycles. The predicted octanol–water partition coefficient (Wildman–Crippen LogP) is 4.62. The van der Waals surface area contributed by atoms with E-state index in [1.165, 1.54) is 22.7 Å². The monoisotopic (exact) mass is 408 g/mol. The van der Waals surface area contributed by atoms with Gasteiger partial charge in [0.1, 0.15) is 11.4 Å². The van der Waals surface area contributed by atoms with E-state index in [-0.39, 0.29) is 11.7 Å². The molecule has 3 rings (SSSR count). The van der Waals surface area contributed by atoms with Crippen LogP contribution in [0, 0.1) is 6.92 Å². The summed E-state index contributed by atoms with van der Waals surface area (Å²) in [6.07, 6.45) is -4.47. The first-order chi connectivity index (χ1) is 13.2. The molecule has 1 saturated heterocycles. The first kappa shape index (κ1) is 20.3. The molecular weight excluding hydrogens is 389 g/mol. The molecular formula is C20H19F3N2O2S. The number of halogens is 3. The van der Waals surface area contributed by atoms with Gasteiger partial charge in [0, 0.05) is 5.69 Å². The van der Waals surface area contributed by atoms with Gasteiger partial charge in [0.15, 0.2) is 0 Å². The molecule has 4 nitrogen and oxygen atoms in total. The van der Waals surface area contributed by atoms with Crippen molar-refractivity contribution < 1.29 is 22.8 Å². The number of nitrogens with one attached hydrogen (secondary N) is 1. The average Bonchev–Trinajstić information content (AvgIpc) is 3.04. The van der Waals surface area contributed by atoms with Crippen LogP contribution in [-0.4, -0.2) is 28.5 Å². The maximum atomic E-state index is 13.0. The third-order valence-electron chi connectivity index (χ3n) is 4.52. The summed E-state index contributed by atoms with van der Waals surface area (Å²) in [6, 6.07) is 11.3. The summed E-state index contributed by atoms with van der Waals surface area (Å²) in [5.41, 5.74) is 1.21. The molecule has 0 spiro atoms. The lowest BCUT2D eigenvalue weighted by atomic mass is 10.1. The zero-order chi connectivity index (χ0) is 20.5. The Kier molecular flexibility index (Phi) is 5.69. The smallest absolute Gasteiger partial charge is 0.324 e. The third kappa shape index (κ3) is 4.32. The Hall–Kier alpha value is -2.48. The quantitative estimate of drug-likeness (QED) is 0.804. The molecule has 0 bridgehead atoms. The Bertz CT molecular complexity index is 884. The number of hydrogen-bond donors (Lipinski definition) is 1. The van der Waals surface area contributed by atoms with Crippen LogP contribution in [-0.2, 0) is 15.8 Å². The van der Waals surface area contributed by atoms with Gasteiger partial charge in [-0.1, -0.05) is 29.8 Å². The van der Waals surface area contributed by atoms with Gasteiger partial charge in [-0.25, -0.2) is 0 Å². The molecule has 8 heteroatoms. The molecule has 1 aliphatic rings. The normalized spacial score (nSPS) is 18.2. The van der Waals surface area contributed by atoms with E-state index < -0.39 is 29.1 Å². The van der Waals surface area contributed by atoms with Gasteiger partial charge >= 0.3 is 6.18 Å². The van der Waals surface area contributed by atoms with Crippen molar-refractivity contribution in [3.8, 4) is 0 Å². The van der Waals surface area contributed by atoms with Crippen LogP contribution in [0.15, 0.2) is 48.5 Å². The molecule has 2 amide bonds. The minimum Gasteiger partial charge on any atom is -0.324 e. The molecule has 1 heterocycles. The van der Waals surface area contributed by atoms with Crippen LogP contribution < -0.4 is 5.32 Å². The first-order valence-electron chi connectivity index (χ1n) is 8.64. The van der Waals surface area contributed by atoms with Crippen molar-refractivity contribution in [2.24, 2.45) is 0 Å². The van der Waals surface area contributed by atoms with E-state index in [0.717, 1.165) is 17.7 Å². The maximum absolute atomic E-state index is 13.0. The van der Waals surface area contributed by atoms with Crippen molar-refractivity contribution in [1.29, 1.82) is 0 Å². The van der Waals surface area contributed by atoms with Crippen molar-refractivity contribution in [2.75, 3.05) is 11.1 Å².